The van der Waals surface area contributed by atoms with Crippen LogP contribution in [-0.4, -0.2) is 48.0 Å². The lowest BCUT2D eigenvalue weighted by Crippen LogP contribution is -1.96. The zero-order chi connectivity index (χ0) is 17.5. The van der Waals surface area contributed by atoms with Crippen LogP contribution in [0.5, 0.6) is 0 Å². The molecule has 14 heteroatoms. The molecule has 0 saturated carbocycles. The van der Waals surface area contributed by atoms with E-state index in [9.17, 15) is 8.42 Å². The maximum absolute atomic E-state index is 10.5. The van der Waals surface area contributed by atoms with Crippen LogP contribution in [0.4, 0.5) is 0 Å². The molecule has 0 bridgehead atoms. The topological polar surface area (TPSA) is 204 Å². The van der Waals surface area contributed by atoms with E-state index in [4.69, 9.17) is 39.6 Å². The predicted molar refractivity (Wildman–Crippen MR) is 69.3 cm³/mol. The van der Waals surface area contributed by atoms with E-state index in [-0.39, 0.29) is 4.90 Å². The van der Waals surface area contributed by atoms with Crippen molar-refractivity contribution in [3.63, 3.8) is 0 Å². The Morgan fingerprint density at radius 3 is 1.10 bits per heavy atom. The van der Waals surface area contributed by atoms with Crippen molar-refractivity contribution in [2.24, 2.45) is 0 Å². The monoisotopic (exact) mass is 368 g/mol. The third kappa shape index (κ3) is 24.3. The minimum absolute atomic E-state index is 0.0666. The van der Waals surface area contributed by atoms with Gasteiger partial charge in [-0.3, -0.25) is 22.8 Å². The molecule has 0 radical (unpaired) electrons. The molecule has 0 unspecified atom stereocenters. The molecule has 1 aromatic rings. The van der Waals surface area contributed by atoms with Gasteiger partial charge in [0.1, 0.15) is 0 Å². The van der Waals surface area contributed by atoms with Crippen molar-refractivity contribution >= 4 is 30.9 Å². The largest absolute Gasteiger partial charge is 0.394 e. The highest BCUT2D eigenvalue weighted by atomic mass is 32.3. The first-order valence-electron chi connectivity index (χ1n) is 4.44. The standard InChI is InChI=1S/C7H8O3S.2H2O4S/c1-6-2-4-7(5-3-6)11(8,9)10;2*1-5(2,3)4/h2-5H,1H3,(H,8,9,10);2*(H2,1,2,3,4). The summed E-state index contributed by atoms with van der Waals surface area (Å²) in [6.07, 6.45) is 0. The van der Waals surface area contributed by atoms with E-state index in [1.807, 2.05) is 6.92 Å². The highest BCUT2D eigenvalue weighted by Gasteiger charge is 2.06. The molecule has 124 valence electrons. The van der Waals surface area contributed by atoms with E-state index < -0.39 is 30.9 Å². The Balaban J connectivity index is 0. The van der Waals surface area contributed by atoms with Crippen LogP contribution in [0.2, 0.25) is 0 Å². The molecule has 0 aliphatic rings. The lowest BCUT2D eigenvalue weighted by atomic mass is 10.2. The van der Waals surface area contributed by atoms with Gasteiger partial charge in [0.15, 0.2) is 0 Å². The summed E-state index contributed by atoms with van der Waals surface area (Å²) in [5, 5.41) is 0. The first-order valence-corrected chi connectivity index (χ1v) is 8.67. The van der Waals surface area contributed by atoms with Gasteiger partial charge in [-0.25, -0.2) is 0 Å². The minimum atomic E-state index is -4.67. The van der Waals surface area contributed by atoms with Crippen molar-refractivity contribution in [3.8, 4) is 0 Å². The molecule has 0 atom stereocenters. The number of hydrogen-bond acceptors (Lipinski definition) is 6. The Hall–Kier alpha value is -1.13. The van der Waals surface area contributed by atoms with Gasteiger partial charge in [-0.05, 0) is 19.1 Å². The number of rotatable bonds is 1. The van der Waals surface area contributed by atoms with Crippen LogP contribution in [0.1, 0.15) is 5.56 Å². The van der Waals surface area contributed by atoms with E-state index >= 15 is 0 Å². The van der Waals surface area contributed by atoms with Gasteiger partial charge in [-0.2, -0.15) is 25.3 Å². The van der Waals surface area contributed by atoms with Gasteiger partial charge in [0.2, 0.25) is 0 Å². The van der Waals surface area contributed by atoms with E-state index in [0.717, 1.165) is 5.56 Å². The zero-order valence-electron chi connectivity index (χ0n) is 10.2. The quantitative estimate of drug-likeness (QED) is 0.415. The molecule has 21 heavy (non-hydrogen) atoms. The van der Waals surface area contributed by atoms with Crippen LogP contribution >= 0.6 is 0 Å². The molecule has 0 saturated heterocycles. The molecule has 11 nitrogen and oxygen atoms in total. The van der Waals surface area contributed by atoms with Crippen LogP contribution in [0, 0.1) is 6.92 Å². The summed E-state index contributed by atoms with van der Waals surface area (Å²) in [5.74, 6) is 0. The Labute approximate surface area is 121 Å². The summed E-state index contributed by atoms with van der Waals surface area (Å²) >= 11 is 0. The summed E-state index contributed by atoms with van der Waals surface area (Å²) in [7, 11) is -13.4. The van der Waals surface area contributed by atoms with Crippen LogP contribution in [0.3, 0.4) is 0 Å². The summed E-state index contributed by atoms with van der Waals surface area (Å²) in [6.45, 7) is 1.84. The van der Waals surface area contributed by atoms with Crippen molar-refractivity contribution in [1.82, 2.24) is 0 Å². The third-order valence-corrected chi connectivity index (χ3v) is 2.19. The van der Waals surface area contributed by atoms with Crippen molar-refractivity contribution in [3.05, 3.63) is 29.8 Å². The molecule has 0 amide bonds. The van der Waals surface area contributed by atoms with Crippen LogP contribution in [0.15, 0.2) is 29.2 Å². The van der Waals surface area contributed by atoms with E-state index in [1.54, 1.807) is 12.1 Å². The maximum atomic E-state index is 10.5. The van der Waals surface area contributed by atoms with Gasteiger partial charge in [-0.15, -0.1) is 0 Å². The third-order valence-electron chi connectivity index (χ3n) is 1.32. The van der Waals surface area contributed by atoms with Crippen LogP contribution in [0.25, 0.3) is 0 Å². The van der Waals surface area contributed by atoms with E-state index in [0.29, 0.717) is 0 Å². The normalized spacial score (nSPS) is 11.5. The van der Waals surface area contributed by atoms with Gasteiger partial charge >= 0.3 is 20.8 Å². The summed E-state index contributed by atoms with van der Waals surface area (Å²) < 4.78 is 92.7. The molecule has 1 aromatic carbocycles. The molecule has 0 aliphatic carbocycles. The number of aryl methyl sites for hydroxylation is 1. The molecule has 0 spiro atoms. The average molecular weight is 368 g/mol. The van der Waals surface area contributed by atoms with Gasteiger partial charge in [-0.1, -0.05) is 17.7 Å². The van der Waals surface area contributed by atoms with Gasteiger partial charge in [0.05, 0.1) is 4.90 Å². The van der Waals surface area contributed by atoms with Crippen molar-refractivity contribution in [1.29, 1.82) is 0 Å². The smallest absolute Gasteiger partial charge is 0.282 e. The summed E-state index contributed by atoms with van der Waals surface area (Å²) in [6, 6.07) is 5.99. The maximum Gasteiger partial charge on any atom is 0.394 e. The Morgan fingerprint density at radius 2 is 0.905 bits per heavy atom. The van der Waals surface area contributed by atoms with Crippen LogP contribution in [-0.2, 0) is 30.9 Å². The second-order valence-corrected chi connectivity index (χ2v) is 6.40. The molecule has 0 heterocycles. The average Bonchev–Trinajstić information content (AvgIpc) is 2.10. The highest BCUT2D eigenvalue weighted by Crippen LogP contribution is 2.08. The predicted octanol–water partition coefficient (Wildman–Crippen LogP) is -0.0639. The molecule has 0 aromatic heterocycles. The highest BCUT2D eigenvalue weighted by molar-refractivity contribution is 7.85. The summed E-state index contributed by atoms with van der Waals surface area (Å²) in [4.78, 5) is -0.0666. The van der Waals surface area contributed by atoms with E-state index in [2.05, 4.69) is 0 Å². The molecular weight excluding hydrogens is 356 g/mol. The second kappa shape index (κ2) is 8.35. The number of hydrogen-bond donors (Lipinski definition) is 5. The van der Waals surface area contributed by atoms with Crippen molar-refractivity contribution in [2.75, 3.05) is 0 Å². The lowest BCUT2D eigenvalue weighted by molar-refractivity contribution is 0.378. The lowest BCUT2D eigenvalue weighted by Gasteiger charge is -1.95. The van der Waals surface area contributed by atoms with Gasteiger partial charge < -0.3 is 0 Å². The first-order chi connectivity index (χ1) is 9.00. The Bertz CT molecular complexity index is 682. The Kier molecular flexibility index (Phi) is 8.81. The Morgan fingerprint density at radius 1 is 0.667 bits per heavy atom. The molecular formula is C7H12O11S3. The van der Waals surface area contributed by atoms with Gasteiger partial charge in [0.25, 0.3) is 10.1 Å². The zero-order valence-corrected chi connectivity index (χ0v) is 12.7. The second-order valence-electron chi connectivity index (χ2n) is 3.18. The molecule has 1 rings (SSSR count). The first kappa shape index (κ1) is 22.2. The fourth-order valence-corrected chi connectivity index (χ4v) is 1.19. The summed E-state index contributed by atoms with van der Waals surface area (Å²) in [5.41, 5.74) is 0.956. The molecule has 0 fully saturated rings. The van der Waals surface area contributed by atoms with Crippen molar-refractivity contribution in [2.45, 2.75) is 11.8 Å². The van der Waals surface area contributed by atoms with Crippen LogP contribution < -0.4 is 0 Å². The molecule has 0 aliphatic heterocycles. The fraction of sp³-hybridized carbons (Fsp3) is 0.143. The molecule has 5 N–H and O–H groups in total. The fourth-order valence-electron chi connectivity index (χ4n) is 0.710. The van der Waals surface area contributed by atoms with Crippen molar-refractivity contribution < 1.29 is 48.0 Å². The minimum Gasteiger partial charge on any atom is -0.282 e. The van der Waals surface area contributed by atoms with E-state index in [1.165, 1.54) is 12.1 Å². The SMILES string of the molecule is Cc1ccc(S(=O)(=O)O)cc1.O=S(=O)(O)O.O=S(=O)(O)O. The number of benzene rings is 1. The van der Waals surface area contributed by atoms with Gasteiger partial charge in [0, 0.05) is 0 Å².